The van der Waals surface area contributed by atoms with Gasteiger partial charge in [0, 0.05) is 25.0 Å². The fraction of sp³-hybridized carbons (Fsp3) is 0.875. The molecular weight excluding hydrogens is 266 g/mol. The minimum absolute atomic E-state index is 0.0152. The molecule has 2 amide bonds. The van der Waals surface area contributed by atoms with Crippen LogP contribution in [0.3, 0.4) is 0 Å². The number of carbonyl (C=O) groups is 2. The van der Waals surface area contributed by atoms with E-state index in [0.29, 0.717) is 12.5 Å². The van der Waals surface area contributed by atoms with Crippen LogP contribution in [-0.4, -0.2) is 59.9 Å². The summed E-state index contributed by atoms with van der Waals surface area (Å²) in [5.74, 6) is 0.114. The predicted octanol–water partition coefficient (Wildman–Crippen LogP) is 0.988. The summed E-state index contributed by atoms with van der Waals surface area (Å²) in [7, 11) is 0. The van der Waals surface area contributed by atoms with E-state index in [-0.39, 0.29) is 17.9 Å². The molecule has 1 spiro atoms. The molecule has 5 nitrogen and oxygen atoms in total. The van der Waals surface area contributed by atoms with Crippen molar-refractivity contribution in [2.45, 2.75) is 58.0 Å². The van der Waals surface area contributed by atoms with Crippen LogP contribution < -0.4 is 5.32 Å². The Hall–Kier alpha value is -0.940. The number of piperidine rings is 2. The summed E-state index contributed by atoms with van der Waals surface area (Å²) in [4.78, 5) is 29.1. The topological polar surface area (TPSA) is 52.7 Å². The van der Waals surface area contributed by atoms with Gasteiger partial charge in [-0.3, -0.25) is 19.4 Å². The van der Waals surface area contributed by atoms with E-state index in [1.807, 2.05) is 13.8 Å². The van der Waals surface area contributed by atoms with Gasteiger partial charge in [0.2, 0.25) is 11.8 Å². The molecule has 0 aromatic rings. The van der Waals surface area contributed by atoms with Crippen molar-refractivity contribution in [2.24, 2.45) is 5.41 Å². The van der Waals surface area contributed by atoms with E-state index in [2.05, 4.69) is 10.2 Å². The molecule has 0 bridgehead atoms. The number of rotatable bonds is 2. The predicted molar refractivity (Wildman–Crippen MR) is 80.7 cm³/mol. The van der Waals surface area contributed by atoms with Gasteiger partial charge in [0.05, 0.1) is 5.41 Å². The van der Waals surface area contributed by atoms with Gasteiger partial charge >= 0.3 is 0 Å². The van der Waals surface area contributed by atoms with Crippen molar-refractivity contribution in [1.29, 1.82) is 0 Å². The van der Waals surface area contributed by atoms with Gasteiger partial charge in [0.15, 0.2) is 0 Å². The Morgan fingerprint density at radius 1 is 1.24 bits per heavy atom. The van der Waals surface area contributed by atoms with Gasteiger partial charge in [-0.25, -0.2) is 0 Å². The normalized spacial score (nSPS) is 32.6. The third kappa shape index (κ3) is 2.61. The average Bonchev–Trinajstić information content (AvgIpc) is 2.70. The largest absolute Gasteiger partial charge is 0.317 e. The summed E-state index contributed by atoms with van der Waals surface area (Å²) in [5, 5.41) is 3.40. The number of carbonyl (C=O) groups excluding carboxylic acids is 2. The minimum atomic E-state index is -0.426. The molecule has 3 aliphatic heterocycles. The van der Waals surface area contributed by atoms with Crippen molar-refractivity contribution in [3.05, 3.63) is 0 Å². The van der Waals surface area contributed by atoms with E-state index in [1.54, 1.807) is 0 Å². The van der Waals surface area contributed by atoms with Crippen molar-refractivity contribution in [3.8, 4) is 0 Å². The number of likely N-dealkylation sites (tertiary alicyclic amines) is 2. The molecule has 0 saturated carbocycles. The maximum absolute atomic E-state index is 12.8. The van der Waals surface area contributed by atoms with Crippen LogP contribution in [0, 0.1) is 5.41 Å². The lowest BCUT2D eigenvalue weighted by molar-refractivity contribution is -0.145. The van der Waals surface area contributed by atoms with Crippen LogP contribution in [0.4, 0.5) is 0 Å². The molecule has 1 unspecified atom stereocenters. The van der Waals surface area contributed by atoms with Crippen LogP contribution in [0.15, 0.2) is 0 Å². The van der Waals surface area contributed by atoms with E-state index in [0.717, 1.165) is 51.9 Å². The van der Waals surface area contributed by atoms with Crippen LogP contribution >= 0.6 is 0 Å². The highest BCUT2D eigenvalue weighted by Crippen LogP contribution is 2.42. The number of hydrogen-bond acceptors (Lipinski definition) is 4. The van der Waals surface area contributed by atoms with Gasteiger partial charge in [-0.15, -0.1) is 0 Å². The highest BCUT2D eigenvalue weighted by atomic mass is 16.2. The quantitative estimate of drug-likeness (QED) is 0.771. The average molecular weight is 293 g/mol. The molecule has 3 fully saturated rings. The van der Waals surface area contributed by atoms with Crippen molar-refractivity contribution >= 4 is 11.8 Å². The van der Waals surface area contributed by atoms with E-state index >= 15 is 0 Å². The zero-order valence-electron chi connectivity index (χ0n) is 13.2. The van der Waals surface area contributed by atoms with Gasteiger partial charge in [0.25, 0.3) is 0 Å². The van der Waals surface area contributed by atoms with Crippen LogP contribution in [0.25, 0.3) is 0 Å². The molecule has 0 aromatic carbocycles. The van der Waals surface area contributed by atoms with E-state index in [9.17, 15) is 9.59 Å². The molecule has 21 heavy (non-hydrogen) atoms. The number of nitrogens with zero attached hydrogens (tertiary/aromatic N) is 2. The van der Waals surface area contributed by atoms with Gasteiger partial charge in [-0.2, -0.15) is 0 Å². The summed E-state index contributed by atoms with van der Waals surface area (Å²) in [6, 6.07) is 0.568. The van der Waals surface area contributed by atoms with E-state index < -0.39 is 5.41 Å². The second-order valence-electron chi connectivity index (χ2n) is 7.17. The Bertz CT molecular complexity index is 431. The molecule has 1 N–H and O–H groups in total. The Morgan fingerprint density at radius 3 is 2.57 bits per heavy atom. The Kier molecular flexibility index (Phi) is 4.06. The molecule has 3 rings (SSSR count). The number of hydrogen-bond donors (Lipinski definition) is 1. The van der Waals surface area contributed by atoms with Gasteiger partial charge in [0.1, 0.15) is 0 Å². The van der Waals surface area contributed by atoms with E-state index in [4.69, 9.17) is 0 Å². The lowest BCUT2D eigenvalue weighted by Gasteiger charge is -2.43. The summed E-state index contributed by atoms with van der Waals surface area (Å²) in [6.07, 6.45) is 4.65. The van der Waals surface area contributed by atoms with Crippen LogP contribution in [-0.2, 0) is 9.59 Å². The summed E-state index contributed by atoms with van der Waals surface area (Å²) in [6.45, 7) is 7.86. The Morgan fingerprint density at radius 2 is 1.95 bits per heavy atom. The van der Waals surface area contributed by atoms with Crippen molar-refractivity contribution < 1.29 is 9.59 Å². The Balaban J connectivity index is 1.75. The van der Waals surface area contributed by atoms with Crippen molar-refractivity contribution in [3.63, 3.8) is 0 Å². The smallest absolute Gasteiger partial charge is 0.237 e. The molecule has 3 saturated heterocycles. The van der Waals surface area contributed by atoms with Gasteiger partial charge < -0.3 is 5.32 Å². The highest BCUT2D eigenvalue weighted by Gasteiger charge is 2.54. The molecule has 0 aromatic heterocycles. The molecule has 3 heterocycles. The van der Waals surface area contributed by atoms with Gasteiger partial charge in [-0.1, -0.05) is 0 Å². The number of amides is 2. The van der Waals surface area contributed by atoms with E-state index in [1.165, 1.54) is 4.90 Å². The molecule has 3 aliphatic rings. The standard InChI is InChI=1S/C16H27N3O2/c1-12(2)19-14(20)10-16(15(19)21)6-3-9-18(11-16)13-4-7-17-8-5-13/h12-13,17H,3-11H2,1-2H3. The third-order valence-corrected chi connectivity index (χ3v) is 5.38. The lowest BCUT2D eigenvalue weighted by Crippen LogP contribution is -2.53. The first-order valence-electron chi connectivity index (χ1n) is 8.35. The summed E-state index contributed by atoms with van der Waals surface area (Å²) >= 11 is 0. The first-order valence-corrected chi connectivity index (χ1v) is 8.35. The molecule has 118 valence electrons. The maximum Gasteiger partial charge on any atom is 0.237 e. The summed E-state index contributed by atoms with van der Waals surface area (Å²) in [5.41, 5.74) is -0.426. The Labute approximate surface area is 127 Å². The summed E-state index contributed by atoms with van der Waals surface area (Å²) < 4.78 is 0. The number of imide groups is 1. The van der Waals surface area contributed by atoms with Crippen LogP contribution in [0.1, 0.15) is 46.0 Å². The van der Waals surface area contributed by atoms with Gasteiger partial charge in [-0.05, 0) is 59.2 Å². The fourth-order valence-electron chi connectivity index (χ4n) is 4.31. The first kappa shape index (κ1) is 15.0. The maximum atomic E-state index is 12.8. The zero-order valence-corrected chi connectivity index (χ0v) is 13.2. The molecule has 1 atom stereocenters. The number of nitrogens with one attached hydrogen (secondary N) is 1. The molecule has 0 radical (unpaired) electrons. The van der Waals surface area contributed by atoms with Crippen molar-refractivity contribution in [2.75, 3.05) is 26.2 Å². The second-order valence-corrected chi connectivity index (χ2v) is 7.17. The minimum Gasteiger partial charge on any atom is -0.317 e. The highest BCUT2D eigenvalue weighted by molar-refractivity contribution is 6.06. The van der Waals surface area contributed by atoms with Crippen LogP contribution in [0.5, 0.6) is 0 Å². The SMILES string of the molecule is CC(C)N1C(=O)CC2(CCCN(C3CCNCC3)C2)C1=O. The lowest BCUT2D eigenvalue weighted by atomic mass is 9.77. The van der Waals surface area contributed by atoms with Crippen molar-refractivity contribution in [1.82, 2.24) is 15.1 Å². The molecule has 0 aliphatic carbocycles. The molecule has 5 heteroatoms. The fourth-order valence-corrected chi connectivity index (χ4v) is 4.31. The molecular formula is C16H27N3O2. The monoisotopic (exact) mass is 293 g/mol. The third-order valence-electron chi connectivity index (χ3n) is 5.38. The first-order chi connectivity index (χ1) is 10.0. The second kappa shape index (κ2) is 5.69. The van der Waals surface area contributed by atoms with Crippen LogP contribution in [0.2, 0.25) is 0 Å². The zero-order chi connectivity index (χ0) is 15.0.